The number of hydrogen-bond acceptors (Lipinski definition) is 4. The van der Waals surface area contributed by atoms with Gasteiger partial charge in [-0.3, -0.25) is 9.69 Å². The first-order chi connectivity index (χ1) is 20.0. The summed E-state index contributed by atoms with van der Waals surface area (Å²) in [6, 6.07) is 17.3. The van der Waals surface area contributed by atoms with Crippen molar-refractivity contribution >= 4 is 29.0 Å². The number of piperazine rings is 1. The quantitative estimate of drug-likeness (QED) is 0.168. The maximum Gasteiger partial charge on any atom is 0.234 e. The number of rotatable bonds is 19. The summed E-state index contributed by atoms with van der Waals surface area (Å²) < 4.78 is 0. The van der Waals surface area contributed by atoms with Crippen molar-refractivity contribution in [2.24, 2.45) is 0 Å². The van der Waals surface area contributed by atoms with Gasteiger partial charge in [-0.25, -0.2) is 0 Å². The summed E-state index contributed by atoms with van der Waals surface area (Å²) >= 11 is 1.78. The van der Waals surface area contributed by atoms with E-state index < -0.39 is 0 Å². The van der Waals surface area contributed by atoms with E-state index in [1.54, 1.807) is 11.8 Å². The lowest BCUT2D eigenvalue weighted by atomic mass is 9.92. The van der Waals surface area contributed by atoms with Gasteiger partial charge in [0.05, 0.1) is 5.75 Å². The molecule has 4 nitrogen and oxygen atoms in total. The monoisotopic (exact) mass is 579 g/mol. The highest BCUT2D eigenvalue weighted by molar-refractivity contribution is 7.99. The normalized spacial score (nSPS) is 14.2. The average Bonchev–Trinajstić information content (AvgIpc) is 2.98. The van der Waals surface area contributed by atoms with Crippen LogP contribution in [0.25, 0.3) is 0 Å². The molecule has 1 saturated heterocycles. The molecule has 0 bridgehead atoms. The molecular weight excluding hydrogens is 522 g/mol. The van der Waals surface area contributed by atoms with Crippen LogP contribution < -0.4 is 10.2 Å². The molecule has 0 saturated carbocycles. The molecule has 2 aromatic rings. The molecule has 41 heavy (non-hydrogen) atoms. The molecule has 0 unspecified atom stereocenters. The number of carbonyl (C=O) groups is 1. The highest BCUT2D eigenvalue weighted by Crippen LogP contribution is 2.32. The van der Waals surface area contributed by atoms with Gasteiger partial charge >= 0.3 is 0 Å². The molecule has 1 heterocycles. The van der Waals surface area contributed by atoms with Crippen LogP contribution in [0.2, 0.25) is 0 Å². The number of hydrogen-bond donors (Lipinski definition) is 1. The Kier molecular flexibility index (Phi) is 15.7. The molecule has 2 aromatic carbocycles. The minimum Gasteiger partial charge on any atom is -0.369 e. The molecule has 1 aliphatic heterocycles. The molecule has 1 aliphatic rings. The Bertz CT molecular complexity index is 959. The number of amides is 1. The van der Waals surface area contributed by atoms with E-state index in [2.05, 4.69) is 91.3 Å². The summed E-state index contributed by atoms with van der Waals surface area (Å²) in [7, 11) is 0. The minimum atomic E-state index is 0.135. The smallest absolute Gasteiger partial charge is 0.234 e. The standard InChI is InChI=1S/C36H57N3OS/c1-30(2)33-21-18-22-34(31(3)4)36(33)37-35(40)29-41-28-17-12-10-8-6-5-7-9-11-16-23-38-24-26-39(27-25-38)32-19-14-13-15-20-32/h13-15,18-22,30-31H,5-12,16-17,23-29H2,1-4H3,(H,37,40). The van der Waals surface area contributed by atoms with Crippen molar-refractivity contribution in [2.75, 3.05) is 54.4 Å². The fourth-order valence-corrected chi connectivity index (χ4v) is 6.67. The topological polar surface area (TPSA) is 35.6 Å². The van der Waals surface area contributed by atoms with Crippen LogP contribution in [0.1, 0.15) is 115 Å². The number of unbranched alkanes of at least 4 members (excludes halogenated alkanes) is 9. The maximum absolute atomic E-state index is 12.7. The third-order valence-corrected chi connectivity index (χ3v) is 9.42. The number of benzene rings is 2. The van der Waals surface area contributed by atoms with Gasteiger partial charge in [-0.1, -0.05) is 115 Å². The lowest BCUT2D eigenvalue weighted by Gasteiger charge is -2.36. The van der Waals surface area contributed by atoms with Crippen LogP contribution >= 0.6 is 11.8 Å². The maximum atomic E-state index is 12.7. The largest absolute Gasteiger partial charge is 0.369 e. The zero-order valence-electron chi connectivity index (χ0n) is 26.5. The van der Waals surface area contributed by atoms with Crippen LogP contribution in [0.4, 0.5) is 11.4 Å². The van der Waals surface area contributed by atoms with Crippen molar-refractivity contribution in [1.29, 1.82) is 0 Å². The number of thioether (sulfide) groups is 1. The summed E-state index contributed by atoms with van der Waals surface area (Å²) in [5.41, 5.74) is 4.89. The SMILES string of the molecule is CC(C)c1cccc(C(C)C)c1NC(=O)CSCCCCCCCCCCCCN1CCN(c2ccccc2)CC1. The Hall–Kier alpha value is -1.98. The zero-order chi connectivity index (χ0) is 29.3. The molecule has 228 valence electrons. The Morgan fingerprint density at radius 3 is 1.80 bits per heavy atom. The van der Waals surface area contributed by atoms with E-state index in [0.717, 1.165) is 24.5 Å². The Morgan fingerprint density at radius 2 is 1.24 bits per heavy atom. The van der Waals surface area contributed by atoms with E-state index in [1.165, 1.54) is 101 Å². The summed E-state index contributed by atoms with van der Waals surface area (Å²) in [5.74, 6) is 2.56. The first-order valence-electron chi connectivity index (χ1n) is 16.5. The molecule has 0 atom stereocenters. The van der Waals surface area contributed by atoms with E-state index in [4.69, 9.17) is 0 Å². The molecule has 1 amide bonds. The second kappa shape index (κ2) is 19.3. The highest BCUT2D eigenvalue weighted by atomic mass is 32.2. The lowest BCUT2D eigenvalue weighted by Crippen LogP contribution is -2.46. The van der Waals surface area contributed by atoms with Crippen LogP contribution in [0.3, 0.4) is 0 Å². The van der Waals surface area contributed by atoms with Crippen molar-refractivity contribution in [3.05, 3.63) is 59.7 Å². The van der Waals surface area contributed by atoms with Crippen molar-refractivity contribution in [1.82, 2.24) is 4.90 Å². The summed E-state index contributed by atoms with van der Waals surface area (Å²) in [4.78, 5) is 17.8. The first kappa shape index (κ1) is 33.5. The van der Waals surface area contributed by atoms with Crippen molar-refractivity contribution in [2.45, 2.75) is 104 Å². The summed E-state index contributed by atoms with van der Waals surface area (Å²) in [6.07, 6.45) is 13.5. The van der Waals surface area contributed by atoms with Gasteiger partial charge in [-0.2, -0.15) is 11.8 Å². The highest BCUT2D eigenvalue weighted by Gasteiger charge is 2.17. The molecular formula is C36H57N3OS. The predicted molar refractivity (Wildman–Crippen MR) is 182 cm³/mol. The van der Waals surface area contributed by atoms with Crippen molar-refractivity contribution in [3.63, 3.8) is 0 Å². The van der Waals surface area contributed by atoms with Crippen LogP contribution in [-0.2, 0) is 4.79 Å². The molecule has 5 heteroatoms. The summed E-state index contributed by atoms with van der Waals surface area (Å²) in [5, 5.41) is 3.25. The Labute approximate surface area is 256 Å². The zero-order valence-corrected chi connectivity index (χ0v) is 27.3. The third-order valence-electron chi connectivity index (χ3n) is 8.38. The van der Waals surface area contributed by atoms with Crippen molar-refractivity contribution < 1.29 is 4.79 Å². The first-order valence-corrected chi connectivity index (χ1v) is 17.6. The van der Waals surface area contributed by atoms with Crippen LogP contribution in [0, 0.1) is 0 Å². The molecule has 0 radical (unpaired) electrons. The molecule has 0 aromatic heterocycles. The van der Waals surface area contributed by atoms with Crippen LogP contribution in [-0.4, -0.2) is 55.0 Å². The predicted octanol–water partition coefficient (Wildman–Crippen LogP) is 9.33. The Balaban J connectivity index is 1.11. The fraction of sp³-hybridized carbons (Fsp3) is 0.639. The van der Waals surface area contributed by atoms with Gasteiger partial charge in [0.25, 0.3) is 0 Å². The van der Waals surface area contributed by atoms with E-state index in [0.29, 0.717) is 17.6 Å². The average molecular weight is 580 g/mol. The van der Waals surface area contributed by atoms with E-state index in [1.807, 2.05) is 0 Å². The molecule has 0 aliphatic carbocycles. The lowest BCUT2D eigenvalue weighted by molar-refractivity contribution is -0.113. The number of nitrogens with zero attached hydrogens (tertiary/aromatic N) is 2. The van der Waals surface area contributed by atoms with E-state index >= 15 is 0 Å². The van der Waals surface area contributed by atoms with Gasteiger partial charge in [-0.15, -0.1) is 0 Å². The van der Waals surface area contributed by atoms with Crippen LogP contribution in [0.15, 0.2) is 48.5 Å². The molecule has 1 N–H and O–H groups in total. The molecule has 0 spiro atoms. The van der Waals surface area contributed by atoms with Gasteiger partial charge in [0.2, 0.25) is 5.91 Å². The number of carbonyl (C=O) groups excluding carboxylic acids is 1. The van der Waals surface area contributed by atoms with Gasteiger partial charge in [-0.05, 0) is 60.2 Å². The fourth-order valence-electron chi connectivity index (χ4n) is 5.86. The van der Waals surface area contributed by atoms with E-state index in [-0.39, 0.29) is 5.91 Å². The second-order valence-corrected chi connectivity index (χ2v) is 13.5. The van der Waals surface area contributed by atoms with Crippen molar-refractivity contribution in [3.8, 4) is 0 Å². The number of anilines is 2. The van der Waals surface area contributed by atoms with Gasteiger partial charge in [0.1, 0.15) is 0 Å². The van der Waals surface area contributed by atoms with Gasteiger partial charge < -0.3 is 10.2 Å². The summed E-state index contributed by atoms with van der Waals surface area (Å²) in [6.45, 7) is 14.8. The third kappa shape index (κ3) is 12.4. The van der Waals surface area contributed by atoms with Gasteiger partial charge in [0.15, 0.2) is 0 Å². The number of para-hydroxylation sites is 2. The number of nitrogens with one attached hydrogen (secondary N) is 1. The van der Waals surface area contributed by atoms with Gasteiger partial charge in [0, 0.05) is 37.6 Å². The Morgan fingerprint density at radius 1 is 0.707 bits per heavy atom. The molecule has 1 fully saturated rings. The molecule has 3 rings (SSSR count). The minimum absolute atomic E-state index is 0.135. The van der Waals surface area contributed by atoms with Crippen LogP contribution in [0.5, 0.6) is 0 Å². The van der Waals surface area contributed by atoms with E-state index in [9.17, 15) is 4.79 Å². The second-order valence-electron chi connectivity index (χ2n) is 12.4.